The van der Waals surface area contributed by atoms with Crippen molar-refractivity contribution in [2.24, 2.45) is 0 Å². The highest BCUT2D eigenvalue weighted by atomic mass is 16.3. The second-order valence-corrected chi connectivity index (χ2v) is 5.46. The summed E-state index contributed by atoms with van der Waals surface area (Å²) >= 11 is 0. The van der Waals surface area contributed by atoms with E-state index < -0.39 is 11.5 Å². The van der Waals surface area contributed by atoms with E-state index in [9.17, 15) is 14.7 Å². The summed E-state index contributed by atoms with van der Waals surface area (Å²) in [5.74, 6) is 1.94. The number of allylic oxidation sites excluding steroid dienone is 1. The van der Waals surface area contributed by atoms with Crippen LogP contribution in [0.1, 0.15) is 17.7 Å². The van der Waals surface area contributed by atoms with Crippen LogP contribution in [0, 0.1) is 12.3 Å². The smallest absolute Gasteiger partial charge is 0.265 e. The third-order valence-corrected chi connectivity index (χ3v) is 3.90. The molecule has 1 amide bonds. The fourth-order valence-corrected chi connectivity index (χ4v) is 2.80. The van der Waals surface area contributed by atoms with Gasteiger partial charge in [-0.25, -0.2) is 0 Å². The Morgan fingerprint density at radius 2 is 2.12 bits per heavy atom. The summed E-state index contributed by atoms with van der Waals surface area (Å²) in [7, 11) is 0. The molecule has 1 aliphatic rings. The summed E-state index contributed by atoms with van der Waals surface area (Å²) < 4.78 is 5.11. The molecule has 0 saturated carbocycles. The zero-order valence-corrected chi connectivity index (χ0v) is 12.8. The zero-order valence-electron chi connectivity index (χ0n) is 12.8. The summed E-state index contributed by atoms with van der Waals surface area (Å²) in [5, 5.41) is 10.9. The van der Waals surface area contributed by atoms with E-state index in [4.69, 9.17) is 10.8 Å². The fourth-order valence-electron chi connectivity index (χ4n) is 2.80. The molecule has 5 nitrogen and oxygen atoms in total. The number of benzene rings is 1. The Kier molecular flexibility index (Phi) is 4.07. The largest absolute Gasteiger partial charge is 0.465 e. The number of anilines is 1. The van der Waals surface area contributed by atoms with Crippen molar-refractivity contribution in [1.29, 1.82) is 0 Å². The van der Waals surface area contributed by atoms with Gasteiger partial charge in [0.2, 0.25) is 0 Å². The Morgan fingerprint density at radius 3 is 2.83 bits per heavy atom. The van der Waals surface area contributed by atoms with Crippen LogP contribution in [0.15, 0.2) is 53.2 Å². The van der Waals surface area contributed by atoms with E-state index in [1.807, 2.05) is 0 Å². The Balaban J connectivity index is 1.87. The zero-order chi connectivity index (χ0) is 17.2. The van der Waals surface area contributed by atoms with Gasteiger partial charge in [-0.05, 0) is 30.4 Å². The summed E-state index contributed by atoms with van der Waals surface area (Å²) in [4.78, 5) is 26.2. The Hall–Kier alpha value is -3.10. The van der Waals surface area contributed by atoms with Crippen LogP contribution in [0.25, 0.3) is 6.08 Å². The number of para-hydroxylation sites is 1. The summed E-state index contributed by atoms with van der Waals surface area (Å²) in [6, 6.07) is 10.2. The molecule has 1 aromatic carbocycles. The molecule has 1 unspecified atom stereocenters. The van der Waals surface area contributed by atoms with Crippen LogP contribution in [0.5, 0.6) is 0 Å². The maximum atomic E-state index is 12.6. The number of fused-ring (bicyclic) bond motifs is 1. The lowest BCUT2D eigenvalue weighted by Gasteiger charge is -2.21. The van der Waals surface area contributed by atoms with Crippen molar-refractivity contribution in [2.75, 3.05) is 11.4 Å². The van der Waals surface area contributed by atoms with Gasteiger partial charge in [0.1, 0.15) is 5.76 Å². The molecule has 2 heterocycles. The molecular formula is C19H15NO4. The SMILES string of the molecule is C#CCN1C(=O)C(O)(CC(=O)C=Cc2ccco2)c2ccccc21. The van der Waals surface area contributed by atoms with Crippen LogP contribution < -0.4 is 4.90 Å². The Morgan fingerprint density at radius 1 is 1.33 bits per heavy atom. The number of hydrogen-bond acceptors (Lipinski definition) is 4. The predicted octanol–water partition coefficient (Wildman–Crippen LogP) is 2.12. The maximum Gasteiger partial charge on any atom is 0.265 e. The van der Waals surface area contributed by atoms with Crippen molar-refractivity contribution in [2.45, 2.75) is 12.0 Å². The van der Waals surface area contributed by atoms with Gasteiger partial charge in [0, 0.05) is 5.56 Å². The molecule has 0 radical (unpaired) electrons. The van der Waals surface area contributed by atoms with Crippen LogP contribution in [0.4, 0.5) is 5.69 Å². The minimum atomic E-state index is -1.90. The lowest BCUT2D eigenvalue weighted by Crippen LogP contribution is -2.41. The first-order chi connectivity index (χ1) is 11.6. The third-order valence-electron chi connectivity index (χ3n) is 3.90. The van der Waals surface area contributed by atoms with Gasteiger partial charge in [-0.15, -0.1) is 6.42 Å². The number of aliphatic hydroxyl groups is 1. The van der Waals surface area contributed by atoms with E-state index in [-0.39, 0.29) is 18.7 Å². The number of rotatable bonds is 5. The molecule has 0 bridgehead atoms. The van der Waals surface area contributed by atoms with E-state index in [1.165, 1.54) is 23.3 Å². The first kappa shape index (κ1) is 15.8. The highest BCUT2D eigenvalue weighted by Crippen LogP contribution is 2.42. The van der Waals surface area contributed by atoms with Crippen molar-refractivity contribution >= 4 is 23.5 Å². The molecule has 1 aromatic heterocycles. The second-order valence-electron chi connectivity index (χ2n) is 5.46. The molecule has 24 heavy (non-hydrogen) atoms. The molecule has 120 valence electrons. The van der Waals surface area contributed by atoms with Crippen LogP contribution in [0.2, 0.25) is 0 Å². The first-order valence-corrected chi connectivity index (χ1v) is 7.38. The topological polar surface area (TPSA) is 70.8 Å². The molecule has 2 aromatic rings. The number of furan rings is 1. The standard InChI is InChI=1S/C19H15NO4/c1-2-11-20-17-8-4-3-7-16(17)19(23,18(20)22)13-14(21)9-10-15-6-5-12-24-15/h1,3-10,12,23H,11,13H2. The normalized spacial score (nSPS) is 19.5. The monoisotopic (exact) mass is 321 g/mol. The molecule has 1 atom stereocenters. The van der Waals surface area contributed by atoms with Gasteiger partial charge >= 0.3 is 0 Å². The Bertz CT molecular complexity index is 845. The highest BCUT2D eigenvalue weighted by Gasteiger charge is 2.50. The number of nitrogens with zero attached hydrogens (tertiary/aromatic N) is 1. The molecule has 1 N–H and O–H groups in total. The van der Waals surface area contributed by atoms with Gasteiger partial charge in [-0.1, -0.05) is 24.1 Å². The average molecular weight is 321 g/mol. The maximum absolute atomic E-state index is 12.6. The molecule has 5 heteroatoms. The number of amides is 1. The first-order valence-electron chi connectivity index (χ1n) is 7.38. The van der Waals surface area contributed by atoms with Gasteiger partial charge in [0.15, 0.2) is 11.4 Å². The fraction of sp³-hybridized carbons (Fsp3) is 0.158. The van der Waals surface area contributed by atoms with Crippen LogP contribution in [-0.4, -0.2) is 23.3 Å². The molecular weight excluding hydrogens is 306 g/mol. The van der Waals surface area contributed by atoms with Crippen molar-refractivity contribution in [1.82, 2.24) is 0 Å². The van der Waals surface area contributed by atoms with Crippen molar-refractivity contribution < 1.29 is 19.1 Å². The van der Waals surface area contributed by atoms with Gasteiger partial charge in [-0.3, -0.25) is 14.5 Å². The molecule has 0 spiro atoms. The van der Waals surface area contributed by atoms with E-state index >= 15 is 0 Å². The number of carbonyl (C=O) groups excluding carboxylic acids is 2. The minimum Gasteiger partial charge on any atom is -0.465 e. The summed E-state index contributed by atoms with van der Waals surface area (Å²) in [5.41, 5.74) is -0.978. The number of hydrogen-bond donors (Lipinski definition) is 1. The van der Waals surface area contributed by atoms with Gasteiger partial charge in [0.25, 0.3) is 5.91 Å². The van der Waals surface area contributed by atoms with Crippen LogP contribution in [0.3, 0.4) is 0 Å². The Labute approximate surface area is 139 Å². The van der Waals surface area contributed by atoms with E-state index in [0.29, 0.717) is 17.0 Å². The lowest BCUT2D eigenvalue weighted by atomic mass is 9.90. The lowest BCUT2D eigenvalue weighted by molar-refractivity contribution is -0.140. The predicted molar refractivity (Wildman–Crippen MR) is 88.9 cm³/mol. The number of ketones is 1. The number of terminal acetylenes is 1. The van der Waals surface area contributed by atoms with Crippen LogP contribution >= 0.6 is 0 Å². The van der Waals surface area contributed by atoms with Crippen LogP contribution in [-0.2, 0) is 15.2 Å². The molecule has 0 fully saturated rings. The third kappa shape index (κ3) is 2.64. The van der Waals surface area contributed by atoms with E-state index in [0.717, 1.165) is 0 Å². The highest BCUT2D eigenvalue weighted by molar-refractivity contribution is 6.10. The summed E-state index contributed by atoms with van der Waals surface area (Å²) in [6.45, 7) is 0.0363. The van der Waals surface area contributed by atoms with E-state index in [2.05, 4.69) is 5.92 Å². The van der Waals surface area contributed by atoms with Crippen molar-refractivity contribution in [3.63, 3.8) is 0 Å². The van der Waals surface area contributed by atoms with Crippen molar-refractivity contribution in [3.05, 3.63) is 60.1 Å². The van der Waals surface area contributed by atoms with Crippen molar-refractivity contribution in [3.8, 4) is 12.3 Å². The molecule has 1 aliphatic heterocycles. The van der Waals surface area contributed by atoms with E-state index in [1.54, 1.807) is 36.4 Å². The average Bonchev–Trinajstić information content (AvgIpc) is 3.16. The molecule has 3 rings (SSSR count). The number of carbonyl (C=O) groups is 2. The molecule has 0 aliphatic carbocycles. The molecule has 0 saturated heterocycles. The van der Waals surface area contributed by atoms with Gasteiger partial charge in [0.05, 0.1) is 24.9 Å². The minimum absolute atomic E-state index is 0.0363. The second kappa shape index (κ2) is 6.19. The van der Waals surface area contributed by atoms with Gasteiger partial charge < -0.3 is 9.52 Å². The van der Waals surface area contributed by atoms with Gasteiger partial charge in [-0.2, -0.15) is 0 Å². The summed E-state index contributed by atoms with van der Waals surface area (Å²) in [6.07, 6.45) is 9.22. The quantitative estimate of drug-likeness (QED) is 0.676.